The molecule has 0 saturated carbocycles. The largest absolute Gasteiger partial charge is 0.496 e. The Labute approximate surface area is 196 Å². The fraction of sp³-hybridized carbons (Fsp3) is 0.357. The van der Waals surface area contributed by atoms with Crippen LogP contribution in [0.15, 0.2) is 78.9 Å². The third kappa shape index (κ3) is 4.30. The van der Waals surface area contributed by atoms with E-state index in [1.807, 2.05) is 18.2 Å². The summed E-state index contributed by atoms with van der Waals surface area (Å²) in [5.41, 5.74) is 3.89. The van der Waals surface area contributed by atoms with E-state index in [0.717, 1.165) is 36.0 Å². The van der Waals surface area contributed by atoms with Crippen molar-refractivity contribution in [3.63, 3.8) is 0 Å². The summed E-state index contributed by atoms with van der Waals surface area (Å²) in [5, 5.41) is 0.789. The molecule has 3 aromatic rings. The van der Waals surface area contributed by atoms with E-state index in [-0.39, 0.29) is 0 Å². The molecule has 0 spiro atoms. The molecule has 3 nitrogen and oxygen atoms in total. The normalized spacial score (nSPS) is 21.6. The first-order chi connectivity index (χ1) is 15.7. The van der Waals surface area contributed by atoms with Gasteiger partial charge in [-0.05, 0) is 42.6 Å². The van der Waals surface area contributed by atoms with Crippen LogP contribution in [0, 0.1) is 0 Å². The average molecular weight is 447 g/mol. The van der Waals surface area contributed by atoms with Gasteiger partial charge in [-0.3, -0.25) is 9.80 Å². The van der Waals surface area contributed by atoms with Gasteiger partial charge in [-0.25, -0.2) is 0 Å². The van der Waals surface area contributed by atoms with Crippen molar-refractivity contribution in [1.29, 1.82) is 0 Å². The number of hydrogen-bond donors (Lipinski definition) is 0. The van der Waals surface area contributed by atoms with E-state index in [1.54, 1.807) is 7.11 Å². The van der Waals surface area contributed by atoms with E-state index in [2.05, 4.69) is 70.5 Å². The SMILES string of the molecule is COc1cccc(Cl)c1CN1C[C@@H]2CCCN2[C@H](C(c2ccccc2)c2ccccc2)C1. The van der Waals surface area contributed by atoms with Gasteiger partial charge in [0.05, 0.1) is 7.11 Å². The maximum absolute atomic E-state index is 6.61. The van der Waals surface area contributed by atoms with E-state index in [4.69, 9.17) is 16.3 Å². The van der Waals surface area contributed by atoms with Crippen LogP contribution in [0.25, 0.3) is 0 Å². The summed E-state index contributed by atoms with van der Waals surface area (Å²) < 4.78 is 5.65. The smallest absolute Gasteiger partial charge is 0.124 e. The molecular weight excluding hydrogens is 416 g/mol. The van der Waals surface area contributed by atoms with Crippen LogP contribution in [0.2, 0.25) is 5.02 Å². The highest BCUT2D eigenvalue weighted by atomic mass is 35.5. The topological polar surface area (TPSA) is 15.7 Å². The minimum atomic E-state index is 0.342. The molecule has 0 bridgehead atoms. The second-order valence-corrected chi connectivity index (χ2v) is 9.42. The summed E-state index contributed by atoms with van der Waals surface area (Å²) >= 11 is 6.61. The quantitative estimate of drug-likeness (QED) is 0.473. The molecule has 0 aromatic heterocycles. The molecule has 0 amide bonds. The lowest BCUT2D eigenvalue weighted by Crippen LogP contribution is -2.57. The highest BCUT2D eigenvalue weighted by Crippen LogP contribution is 2.38. The Morgan fingerprint density at radius 2 is 1.59 bits per heavy atom. The molecule has 2 heterocycles. The number of methoxy groups -OCH3 is 1. The number of piperazine rings is 1. The lowest BCUT2D eigenvalue weighted by atomic mass is 9.82. The first-order valence-electron chi connectivity index (χ1n) is 11.6. The van der Waals surface area contributed by atoms with E-state index < -0.39 is 0 Å². The lowest BCUT2D eigenvalue weighted by molar-refractivity contribution is 0.0380. The minimum Gasteiger partial charge on any atom is -0.496 e. The molecule has 4 heteroatoms. The van der Waals surface area contributed by atoms with Gasteiger partial charge in [0.15, 0.2) is 0 Å². The van der Waals surface area contributed by atoms with Gasteiger partial charge in [0.25, 0.3) is 0 Å². The molecule has 2 aliphatic rings. The minimum absolute atomic E-state index is 0.342. The highest BCUT2D eigenvalue weighted by Gasteiger charge is 2.42. The molecule has 5 rings (SSSR count). The Balaban J connectivity index is 1.50. The number of hydrogen-bond acceptors (Lipinski definition) is 3. The number of fused-ring (bicyclic) bond motifs is 1. The summed E-state index contributed by atoms with van der Waals surface area (Å²) in [4.78, 5) is 5.38. The van der Waals surface area contributed by atoms with Crippen LogP contribution in [0.4, 0.5) is 0 Å². The number of halogens is 1. The summed E-state index contributed by atoms with van der Waals surface area (Å²) in [7, 11) is 1.73. The summed E-state index contributed by atoms with van der Waals surface area (Å²) in [6.07, 6.45) is 2.55. The third-order valence-corrected chi connectivity index (χ3v) is 7.50. The molecule has 166 valence electrons. The number of ether oxygens (including phenoxy) is 1. The predicted octanol–water partition coefficient (Wildman–Crippen LogP) is 5.83. The molecule has 3 aromatic carbocycles. The molecule has 2 saturated heterocycles. The van der Waals surface area contributed by atoms with Gasteiger partial charge in [-0.15, -0.1) is 0 Å². The third-order valence-electron chi connectivity index (χ3n) is 7.14. The van der Waals surface area contributed by atoms with Crippen molar-refractivity contribution in [2.75, 3.05) is 26.7 Å². The summed E-state index contributed by atoms with van der Waals surface area (Å²) in [6, 6.07) is 29.0. The molecule has 0 N–H and O–H groups in total. The van der Waals surface area contributed by atoms with Crippen LogP contribution in [-0.4, -0.2) is 48.6 Å². The maximum Gasteiger partial charge on any atom is 0.124 e. The zero-order chi connectivity index (χ0) is 21.9. The van der Waals surface area contributed by atoms with Gasteiger partial charge in [0, 0.05) is 48.2 Å². The van der Waals surface area contributed by atoms with Gasteiger partial charge in [-0.2, -0.15) is 0 Å². The van der Waals surface area contributed by atoms with E-state index in [1.165, 1.54) is 30.5 Å². The standard InChI is InChI=1S/C28H31ClN2O/c1-32-27-16-8-15-25(29)24(27)19-30-18-23-14-9-17-31(23)26(20-30)28(21-10-4-2-5-11-21)22-12-6-3-7-13-22/h2-8,10-13,15-16,23,26,28H,9,14,17-20H2,1H3/t23-,26-/m0/s1. The van der Waals surface area contributed by atoms with Gasteiger partial charge >= 0.3 is 0 Å². The van der Waals surface area contributed by atoms with E-state index in [9.17, 15) is 0 Å². The van der Waals surface area contributed by atoms with Gasteiger partial charge < -0.3 is 4.74 Å². The maximum atomic E-state index is 6.61. The molecule has 2 fully saturated rings. The molecule has 32 heavy (non-hydrogen) atoms. The number of nitrogens with zero attached hydrogens (tertiary/aromatic N) is 2. The van der Waals surface area contributed by atoms with E-state index in [0.29, 0.717) is 18.0 Å². The van der Waals surface area contributed by atoms with Crippen molar-refractivity contribution >= 4 is 11.6 Å². The van der Waals surface area contributed by atoms with Crippen molar-refractivity contribution in [3.8, 4) is 5.75 Å². The molecule has 0 radical (unpaired) electrons. The molecule has 2 aliphatic heterocycles. The first kappa shape index (κ1) is 21.5. The molecule has 0 aliphatic carbocycles. The van der Waals surface area contributed by atoms with E-state index >= 15 is 0 Å². The Kier molecular flexibility index (Phi) is 6.49. The van der Waals surface area contributed by atoms with Crippen LogP contribution in [-0.2, 0) is 6.54 Å². The summed E-state index contributed by atoms with van der Waals surface area (Å²) in [5.74, 6) is 1.22. The first-order valence-corrected chi connectivity index (χ1v) is 12.0. The fourth-order valence-corrected chi connectivity index (χ4v) is 5.95. The van der Waals surface area contributed by atoms with Crippen molar-refractivity contribution < 1.29 is 4.74 Å². The fourth-order valence-electron chi connectivity index (χ4n) is 5.72. The second kappa shape index (κ2) is 9.66. The lowest BCUT2D eigenvalue weighted by Gasteiger charge is -2.47. The van der Waals surface area contributed by atoms with Gasteiger partial charge in [-0.1, -0.05) is 78.3 Å². The number of rotatable bonds is 6. The average Bonchev–Trinajstić information content (AvgIpc) is 3.31. The Hall–Kier alpha value is -2.33. The monoisotopic (exact) mass is 446 g/mol. The number of benzene rings is 3. The van der Waals surface area contributed by atoms with Crippen molar-refractivity contribution in [2.24, 2.45) is 0 Å². The highest BCUT2D eigenvalue weighted by molar-refractivity contribution is 6.31. The zero-order valence-corrected chi connectivity index (χ0v) is 19.4. The predicted molar refractivity (Wildman–Crippen MR) is 132 cm³/mol. The zero-order valence-electron chi connectivity index (χ0n) is 18.7. The van der Waals surface area contributed by atoms with Crippen molar-refractivity contribution in [2.45, 2.75) is 37.4 Å². The van der Waals surface area contributed by atoms with Crippen LogP contribution < -0.4 is 4.74 Å². The second-order valence-electron chi connectivity index (χ2n) is 9.01. The van der Waals surface area contributed by atoms with Crippen LogP contribution >= 0.6 is 11.6 Å². The van der Waals surface area contributed by atoms with Crippen molar-refractivity contribution in [1.82, 2.24) is 9.80 Å². The Morgan fingerprint density at radius 1 is 0.906 bits per heavy atom. The van der Waals surface area contributed by atoms with Gasteiger partial charge in [0.1, 0.15) is 5.75 Å². The Morgan fingerprint density at radius 3 is 2.25 bits per heavy atom. The van der Waals surface area contributed by atoms with Crippen LogP contribution in [0.1, 0.15) is 35.4 Å². The molecule has 2 atom stereocenters. The molecular formula is C28H31ClN2O. The molecule has 0 unspecified atom stereocenters. The van der Waals surface area contributed by atoms with Crippen LogP contribution in [0.5, 0.6) is 5.75 Å². The Bertz CT molecular complexity index is 987. The summed E-state index contributed by atoms with van der Waals surface area (Å²) in [6.45, 7) is 4.11. The van der Waals surface area contributed by atoms with Gasteiger partial charge in [0.2, 0.25) is 0 Å². The van der Waals surface area contributed by atoms with Crippen molar-refractivity contribution in [3.05, 3.63) is 101 Å². The van der Waals surface area contributed by atoms with Crippen LogP contribution in [0.3, 0.4) is 0 Å².